The van der Waals surface area contributed by atoms with Crippen LogP contribution in [0.5, 0.6) is 5.75 Å². The first-order chi connectivity index (χ1) is 10.4. The van der Waals surface area contributed by atoms with E-state index in [9.17, 15) is 0 Å². The molecule has 1 heterocycles. The SMILES string of the molecule is CCCCCCCCOc1ccccc1N1CCOCC1. The normalized spacial score (nSPS) is 15.2. The third kappa shape index (κ3) is 5.58. The molecule has 0 unspecified atom stereocenters. The van der Waals surface area contributed by atoms with E-state index in [-0.39, 0.29) is 0 Å². The van der Waals surface area contributed by atoms with Gasteiger partial charge < -0.3 is 14.4 Å². The third-order valence-corrected chi connectivity index (χ3v) is 3.97. The van der Waals surface area contributed by atoms with Crippen LogP contribution in [-0.4, -0.2) is 32.9 Å². The maximum absolute atomic E-state index is 6.01. The summed E-state index contributed by atoms with van der Waals surface area (Å²) in [6.07, 6.45) is 7.80. The Morgan fingerprint density at radius 2 is 1.71 bits per heavy atom. The Hall–Kier alpha value is -1.22. The maximum atomic E-state index is 6.01. The molecule has 0 atom stereocenters. The van der Waals surface area contributed by atoms with E-state index in [1.165, 1.54) is 37.8 Å². The zero-order valence-corrected chi connectivity index (χ0v) is 13.4. The quantitative estimate of drug-likeness (QED) is 0.634. The highest BCUT2D eigenvalue weighted by molar-refractivity contribution is 5.58. The van der Waals surface area contributed by atoms with Crippen LogP contribution in [0.4, 0.5) is 5.69 Å². The van der Waals surface area contributed by atoms with Crippen molar-refractivity contribution in [1.29, 1.82) is 0 Å². The molecule has 0 saturated carbocycles. The van der Waals surface area contributed by atoms with E-state index >= 15 is 0 Å². The van der Waals surface area contributed by atoms with E-state index in [2.05, 4.69) is 36.1 Å². The topological polar surface area (TPSA) is 21.7 Å². The summed E-state index contributed by atoms with van der Waals surface area (Å²) in [6, 6.07) is 8.38. The second-order valence-electron chi connectivity index (χ2n) is 5.68. The first-order valence-corrected chi connectivity index (χ1v) is 8.46. The van der Waals surface area contributed by atoms with Crippen LogP contribution in [0.1, 0.15) is 45.4 Å². The molecule has 21 heavy (non-hydrogen) atoms. The summed E-state index contributed by atoms with van der Waals surface area (Å²) in [5.74, 6) is 1.02. The minimum atomic E-state index is 0.811. The van der Waals surface area contributed by atoms with Crippen molar-refractivity contribution in [2.75, 3.05) is 37.8 Å². The molecule has 3 nitrogen and oxygen atoms in total. The van der Waals surface area contributed by atoms with Crippen LogP contribution in [0.15, 0.2) is 24.3 Å². The molecule has 0 amide bonds. The molecule has 0 bridgehead atoms. The summed E-state index contributed by atoms with van der Waals surface area (Å²) in [6.45, 7) is 6.62. The fourth-order valence-electron chi connectivity index (χ4n) is 2.71. The monoisotopic (exact) mass is 291 g/mol. The van der Waals surface area contributed by atoms with E-state index in [4.69, 9.17) is 9.47 Å². The second kappa shape index (κ2) is 9.67. The average molecular weight is 291 g/mol. The Bertz CT molecular complexity index is 389. The summed E-state index contributed by atoms with van der Waals surface area (Å²) in [7, 11) is 0. The molecule has 1 aliphatic rings. The Labute approximate surface area is 129 Å². The Morgan fingerprint density at radius 3 is 2.52 bits per heavy atom. The van der Waals surface area contributed by atoms with Gasteiger partial charge >= 0.3 is 0 Å². The van der Waals surface area contributed by atoms with Crippen molar-refractivity contribution in [2.24, 2.45) is 0 Å². The highest BCUT2D eigenvalue weighted by Crippen LogP contribution is 2.28. The molecule has 3 heteroatoms. The van der Waals surface area contributed by atoms with Gasteiger partial charge in [-0.25, -0.2) is 0 Å². The zero-order valence-electron chi connectivity index (χ0n) is 13.4. The molecule has 1 fully saturated rings. The standard InChI is InChI=1S/C18H29NO2/c1-2-3-4-5-6-9-14-21-18-11-8-7-10-17(18)19-12-15-20-16-13-19/h7-8,10-11H,2-6,9,12-16H2,1H3. The van der Waals surface area contributed by atoms with Gasteiger partial charge in [0, 0.05) is 13.1 Å². The fraction of sp³-hybridized carbons (Fsp3) is 0.667. The lowest BCUT2D eigenvalue weighted by Crippen LogP contribution is -2.36. The minimum Gasteiger partial charge on any atom is -0.491 e. The fourth-order valence-corrected chi connectivity index (χ4v) is 2.71. The number of nitrogens with zero attached hydrogens (tertiary/aromatic N) is 1. The number of hydrogen-bond acceptors (Lipinski definition) is 3. The number of anilines is 1. The molecule has 0 radical (unpaired) electrons. The van der Waals surface area contributed by atoms with Crippen molar-refractivity contribution in [3.63, 3.8) is 0 Å². The predicted octanol–water partition coefficient (Wildman–Crippen LogP) is 4.26. The molecule has 2 rings (SSSR count). The number of para-hydroxylation sites is 2. The predicted molar refractivity (Wildman–Crippen MR) is 88.3 cm³/mol. The maximum Gasteiger partial charge on any atom is 0.142 e. The van der Waals surface area contributed by atoms with Crippen LogP contribution in [-0.2, 0) is 4.74 Å². The van der Waals surface area contributed by atoms with Gasteiger partial charge in [-0.3, -0.25) is 0 Å². The van der Waals surface area contributed by atoms with Crippen LogP contribution >= 0.6 is 0 Å². The van der Waals surface area contributed by atoms with E-state index in [0.717, 1.165) is 45.1 Å². The first kappa shape index (κ1) is 16.2. The Morgan fingerprint density at radius 1 is 1.00 bits per heavy atom. The minimum absolute atomic E-state index is 0.811. The molecule has 1 saturated heterocycles. The number of rotatable bonds is 9. The average Bonchev–Trinajstić information content (AvgIpc) is 2.55. The molecule has 1 aromatic rings. The first-order valence-electron chi connectivity index (χ1n) is 8.46. The van der Waals surface area contributed by atoms with Crippen LogP contribution in [0, 0.1) is 0 Å². The summed E-state index contributed by atoms with van der Waals surface area (Å²) in [4.78, 5) is 2.36. The summed E-state index contributed by atoms with van der Waals surface area (Å²) < 4.78 is 11.4. The molecule has 1 aliphatic heterocycles. The molecular weight excluding hydrogens is 262 g/mol. The highest BCUT2D eigenvalue weighted by Gasteiger charge is 2.14. The van der Waals surface area contributed by atoms with E-state index in [0.29, 0.717) is 0 Å². The van der Waals surface area contributed by atoms with Crippen molar-refractivity contribution in [1.82, 2.24) is 0 Å². The van der Waals surface area contributed by atoms with Gasteiger partial charge in [-0.15, -0.1) is 0 Å². The van der Waals surface area contributed by atoms with Crippen molar-refractivity contribution < 1.29 is 9.47 Å². The van der Waals surface area contributed by atoms with E-state index in [1.54, 1.807) is 0 Å². The summed E-state index contributed by atoms with van der Waals surface area (Å²) >= 11 is 0. The lowest BCUT2D eigenvalue weighted by atomic mass is 10.1. The van der Waals surface area contributed by atoms with Gasteiger partial charge in [-0.2, -0.15) is 0 Å². The number of unbranched alkanes of at least 4 members (excludes halogenated alkanes) is 5. The van der Waals surface area contributed by atoms with Gasteiger partial charge in [-0.1, -0.05) is 51.2 Å². The Kier molecular flexibility index (Phi) is 7.44. The molecule has 0 spiro atoms. The number of hydrogen-bond donors (Lipinski definition) is 0. The lowest BCUT2D eigenvalue weighted by molar-refractivity contribution is 0.122. The van der Waals surface area contributed by atoms with Crippen LogP contribution < -0.4 is 9.64 Å². The smallest absolute Gasteiger partial charge is 0.142 e. The summed E-state index contributed by atoms with van der Waals surface area (Å²) in [5, 5.41) is 0. The molecule has 118 valence electrons. The van der Waals surface area contributed by atoms with Crippen LogP contribution in [0.3, 0.4) is 0 Å². The van der Waals surface area contributed by atoms with Gasteiger partial charge in [0.25, 0.3) is 0 Å². The van der Waals surface area contributed by atoms with Crippen molar-refractivity contribution >= 4 is 5.69 Å². The third-order valence-electron chi connectivity index (χ3n) is 3.97. The second-order valence-corrected chi connectivity index (χ2v) is 5.68. The molecule has 1 aromatic carbocycles. The number of morpholine rings is 1. The summed E-state index contributed by atoms with van der Waals surface area (Å²) in [5.41, 5.74) is 1.21. The van der Waals surface area contributed by atoms with E-state index in [1.807, 2.05) is 0 Å². The van der Waals surface area contributed by atoms with Gasteiger partial charge in [0.2, 0.25) is 0 Å². The highest BCUT2D eigenvalue weighted by atomic mass is 16.5. The van der Waals surface area contributed by atoms with Crippen LogP contribution in [0.2, 0.25) is 0 Å². The lowest BCUT2D eigenvalue weighted by Gasteiger charge is -2.30. The number of ether oxygens (including phenoxy) is 2. The largest absolute Gasteiger partial charge is 0.491 e. The Balaban J connectivity index is 1.74. The van der Waals surface area contributed by atoms with Gasteiger partial charge in [0.1, 0.15) is 5.75 Å². The van der Waals surface area contributed by atoms with Gasteiger partial charge in [0.15, 0.2) is 0 Å². The molecule has 0 aromatic heterocycles. The van der Waals surface area contributed by atoms with E-state index < -0.39 is 0 Å². The van der Waals surface area contributed by atoms with Crippen molar-refractivity contribution in [2.45, 2.75) is 45.4 Å². The van der Waals surface area contributed by atoms with Gasteiger partial charge in [-0.05, 0) is 18.6 Å². The van der Waals surface area contributed by atoms with Crippen LogP contribution in [0.25, 0.3) is 0 Å². The van der Waals surface area contributed by atoms with Crippen molar-refractivity contribution in [3.8, 4) is 5.75 Å². The molecule has 0 N–H and O–H groups in total. The van der Waals surface area contributed by atoms with Crippen molar-refractivity contribution in [3.05, 3.63) is 24.3 Å². The number of benzene rings is 1. The van der Waals surface area contributed by atoms with Gasteiger partial charge in [0.05, 0.1) is 25.5 Å². The molecule has 0 aliphatic carbocycles. The molecular formula is C18H29NO2. The zero-order chi connectivity index (χ0) is 14.8.